The average molecular weight is 338 g/mol. The number of hydrogen-bond donors (Lipinski definition) is 2. The van der Waals surface area contributed by atoms with Crippen molar-refractivity contribution in [2.75, 3.05) is 46.8 Å². The molecule has 24 heavy (non-hydrogen) atoms. The topological polar surface area (TPSA) is 60.0 Å². The molecule has 138 valence electrons. The molecule has 6 nitrogen and oxygen atoms in total. The van der Waals surface area contributed by atoms with E-state index in [0.29, 0.717) is 12.0 Å². The Kier molecular flexibility index (Phi) is 8.82. The Bertz CT molecular complexity index is 437. The van der Waals surface area contributed by atoms with Crippen molar-refractivity contribution in [1.82, 2.24) is 20.4 Å². The first-order chi connectivity index (χ1) is 11.3. The summed E-state index contributed by atoms with van der Waals surface area (Å²) in [7, 11) is 3.51. The number of nitrogens with one attached hydrogen (secondary N) is 2. The third-order valence-electron chi connectivity index (χ3n) is 3.97. The van der Waals surface area contributed by atoms with Crippen LogP contribution in [0.3, 0.4) is 0 Å². The summed E-state index contributed by atoms with van der Waals surface area (Å²) >= 11 is 0. The Morgan fingerprint density at radius 2 is 1.96 bits per heavy atom. The summed E-state index contributed by atoms with van der Waals surface area (Å²) in [6.07, 6.45) is 2.16. The Balaban J connectivity index is 2.53. The van der Waals surface area contributed by atoms with E-state index >= 15 is 0 Å². The van der Waals surface area contributed by atoms with Crippen molar-refractivity contribution in [2.24, 2.45) is 10.9 Å². The second-order valence-corrected chi connectivity index (χ2v) is 7.38. The fraction of sp³-hybridized carbons (Fsp3) is 0.778. The Morgan fingerprint density at radius 1 is 1.33 bits per heavy atom. The van der Waals surface area contributed by atoms with Gasteiger partial charge in [-0.3, -0.25) is 9.69 Å². The van der Waals surface area contributed by atoms with E-state index in [9.17, 15) is 4.79 Å². The number of hydrogen-bond acceptors (Lipinski definition) is 3. The van der Waals surface area contributed by atoms with E-state index in [1.165, 1.54) is 5.57 Å². The number of rotatable bonds is 7. The molecule has 1 saturated heterocycles. The molecule has 0 atom stereocenters. The Morgan fingerprint density at radius 3 is 2.46 bits per heavy atom. The molecule has 0 unspecified atom stereocenters. The lowest BCUT2D eigenvalue weighted by atomic mass is 10.0. The molecule has 1 fully saturated rings. The fourth-order valence-electron chi connectivity index (χ4n) is 2.55. The minimum absolute atomic E-state index is 0.0110. The number of carbonyl (C=O) groups is 1. The highest BCUT2D eigenvalue weighted by molar-refractivity contribution is 5.84. The van der Waals surface area contributed by atoms with Crippen LogP contribution in [-0.4, -0.2) is 74.5 Å². The molecule has 1 heterocycles. The lowest BCUT2D eigenvalue weighted by Crippen LogP contribution is -2.49. The van der Waals surface area contributed by atoms with E-state index in [-0.39, 0.29) is 12.5 Å². The molecule has 1 amide bonds. The van der Waals surface area contributed by atoms with Crippen molar-refractivity contribution >= 4 is 11.9 Å². The zero-order valence-corrected chi connectivity index (χ0v) is 16.1. The smallest absolute Gasteiger partial charge is 0.243 e. The van der Waals surface area contributed by atoms with Crippen molar-refractivity contribution in [1.29, 1.82) is 0 Å². The molecule has 6 heteroatoms. The van der Waals surface area contributed by atoms with Crippen LogP contribution in [0.15, 0.2) is 17.1 Å². The molecule has 0 aliphatic carbocycles. The van der Waals surface area contributed by atoms with Crippen molar-refractivity contribution in [2.45, 2.75) is 39.7 Å². The normalized spacial score (nSPS) is 17.0. The summed E-state index contributed by atoms with van der Waals surface area (Å²) in [6, 6.07) is 0.402. The monoisotopic (exact) mass is 337 g/mol. The van der Waals surface area contributed by atoms with Gasteiger partial charge in [0.2, 0.25) is 5.91 Å². The molecule has 0 radical (unpaired) electrons. The van der Waals surface area contributed by atoms with Crippen molar-refractivity contribution in [3.05, 3.63) is 12.2 Å². The maximum Gasteiger partial charge on any atom is 0.243 e. The van der Waals surface area contributed by atoms with Gasteiger partial charge in [0.1, 0.15) is 6.54 Å². The molecule has 0 aromatic rings. The molecule has 0 bridgehead atoms. The van der Waals surface area contributed by atoms with Gasteiger partial charge in [-0.2, -0.15) is 0 Å². The van der Waals surface area contributed by atoms with Crippen molar-refractivity contribution in [3.63, 3.8) is 0 Å². The molecule has 0 spiro atoms. The number of amides is 1. The van der Waals surface area contributed by atoms with Gasteiger partial charge < -0.3 is 15.5 Å². The van der Waals surface area contributed by atoms with Gasteiger partial charge in [-0.15, -0.1) is 0 Å². The largest absolute Gasteiger partial charge is 0.356 e. The molecule has 1 aliphatic heterocycles. The molecule has 2 N–H and O–H groups in total. The minimum atomic E-state index is 0.0110. The molecule has 1 rings (SSSR count). The second kappa shape index (κ2) is 10.3. The Hall–Kier alpha value is -1.56. The van der Waals surface area contributed by atoms with Gasteiger partial charge in [0.05, 0.1) is 0 Å². The fourth-order valence-corrected chi connectivity index (χ4v) is 2.55. The van der Waals surface area contributed by atoms with Crippen LogP contribution in [0.5, 0.6) is 0 Å². The highest BCUT2D eigenvalue weighted by Gasteiger charge is 2.20. The van der Waals surface area contributed by atoms with E-state index in [0.717, 1.165) is 45.0 Å². The highest BCUT2D eigenvalue weighted by atomic mass is 16.2. The van der Waals surface area contributed by atoms with Gasteiger partial charge in [0.15, 0.2) is 5.96 Å². The maximum atomic E-state index is 11.8. The van der Waals surface area contributed by atoms with Crippen LogP contribution >= 0.6 is 0 Å². The maximum absolute atomic E-state index is 11.8. The predicted octanol–water partition coefficient (Wildman–Crippen LogP) is 1.31. The van der Waals surface area contributed by atoms with E-state index in [4.69, 9.17) is 0 Å². The number of aliphatic imine (C=N–C) groups is 1. The lowest BCUT2D eigenvalue weighted by Gasteiger charge is -2.33. The van der Waals surface area contributed by atoms with E-state index in [1.807, 2.05) is 0 Å². The SMILES string of the molecule is C=C(C)CN1CCC(NC(=NCC(=O)N(C)C)NCC(C)C)CC1. The first-order valence-electron chi connectivity index (χ1n) is 8.89. The first kappa shape index (κ1) is 20.5. The number of likely N-dealkylation sites (tertiary alicyclic amines) is 1. The number of carbonyl (C=O) groups excluding carboxylic acids is 1. The summed E-state index contributed by atoms with van der Waals surface area (Å²) in [5.41, 5.74) is 1.21. The number of likely N-dealkylation sites (N-methyl/N-ethyl adjacent to an activating group) is 1. The van der Waals surface area contributed by atoms with Crippen LogP contribution < -0.4 is 10.6 Å². The van der Waals surface area contributed by atoms with Gasteiger partial charge in [-0.1, -0.05) is 26.0 Å². The lowest BCUT2D eigenvalue weighted by molar-refractivity contribution is -0.127. The molecular weight excluding hydrogens is 302 g/mol. The summed E-state index contributed by atoms with van der Waals surface area (Å²) in [6.45, 7) is 14.5. The van der Waals surface area contributed by atoms with Crippen LogP contribution in [0, 0.1) is 5.92 Å². The van der Waals surface area contributed by atoms with Crippen molar-refractivity contribution < 1.29 is 4.79 Å². The van der Waals surface area contributed by atoms with Crippen LogP contribution in [-0.2, 0) is 4.79 Å². The van der Waals surface area contributed by atoms with Gasteiger partial charge in [0, 0.05) is 46.3 Å². The van der Waals surface area contributed by atoms with Crippen LogP contribution in [0.25, 0.3) is 0 Å². The van der Waals surface area contributed by atoms with Gasteiger partial charge in [-0.05, 0) is 25.7 Å². The quantitative estimate of drug-likeness (QED) is 0.418. The number of guanidine groups is 1. The number of nitrogens with zero attached hydrogens (tertiary/aromatic N) is 3. The molecule has 0 saturated carbocycles. The minimum Gasteiger partial charge on any atom is -0.356 e. The molecule has 0 aromatic carbocycles. The predicted molar refractivity (Wildman–Crippen MR) is 101 cm³/mol. The van der Waals surface area contributed by atoms with E-state index < -0.39 is 0 Å². The summed E-state index contributed by atoms with van der Waals surface area (Å²) < 4.78 is 0. The van der Waals surface area contributed by atoms with Crippen LogP contribution in [0.1, 0.15) is 33.6 Å². The molecular formula is C18H35N5O. The van der Waals surface area contributed by atoms with Gasteiger partial charge >= 0.3 is 0 Å². The summed E-state index contributed by atoms with van der Waals surface area (Å²) in [5, 5.41) is 6.84. The van der Waals surface area contributed by atoms with Crippen molar-refractivity contribution in [3.8, 4) is 0 Å². The van der Waals surface area contributed by atoms with Gasteiger partial charge in [0.25, 0.3) is 0 Å². The zero-order chi connectivity index (χ0) is 18.1. The third-order valence-corrected chi connectivity index (χ3v) is 3.97. The number of piperidine rings is 1. The van der Waals surface area contributed by atoms with Crippen LogP contribution in [0.2, 0.25) is 0 Å². The molecule has 0 aromatic heterocycles. The zero-order valence-electron chi connectivity index (χ0n) is 16.1. The third kappa shape index (κ3) is 8.34. The van der Waals surface area contributed by atoms with Gasteiger partial charge in [-0.25, -0.2) is 4.99 Å². The Labute approximate surface area is 147 Å². The standard InChI is InChI=1S/C18H35N5O/c1-14(2)11-19-18(20-12-17(24)22(5)6)21-16-7-9-23(10-8-16)13-15(3)4/h14,16H,3,7-13H2,1-2,4-6H3,(H2,19,20,21). The first-order valence-corrected chi connectivity index (χ1v) is 8.89. The molecule has 1 aliphatic rings. The summed E-state index contributed by atoms with van der Waals surface area (Å²) in [5.74, 6) is 1.29. The van der Waals surface area contributed by atoms with E-state index in [1.54, 1.807) is 19.0 Å². The summed E-state index contributed by atoms with van der Waals surface area (Å²) in [4.78, 5) is 20.2. The van der Waals surface area contributed by atoms with E-state index in [2.05, 4.69) is 47.9 Å². The highest BCUT2D eigenvalue weighted by Crippen LogP contribution is 2.11. The second-order valence-electron chi connectivity index (χ2n) is 7.38. The average Bonchev–Trinajstić information content (AvgIpc) is 2.50. The van der Waals surface area contributed by atoms with Crippen LogP contribution in [0.4, 0.5) is 0 Å².